The fourth-order valence-corrected chi connectivity index (χ4v) is 9.09. The number of nitrogens with zero attached hydrogens (tertiary/aromatic N) is 6. The Morgan fingerprint density at radius 2 is 1.15 bits per heavy atom. The summed E-state index contributed by atoms with van der Waals surface area (Å²) < 4.78 is 11.4. The van der Waals surface area contributed by atoms with Gasteiger partial charge in [-0.25, -0.2) is 9.97 Å². The topological polar surface area (TPSA) is 96.4 Å². The van der Waals surface area contributed by atoms with Gasteiger partial charge in [0.2, 0.25) is 0 Å². The molecule has 12 aromatic rings. The van der Waals surface area contributed by atoms with E-state index in [0.29, 0.717) is 17.0 Å². The Bertz CT molecular complexity index is 3820. The smallest absolute Gasteiger partial charge is 0.160 e. The first kappa shape index (κ1) is 32.7. The van der Waals surface area contributed by atoms with E-state index < -0.39 is 0 Å². The quantitative estimate of drug-likeness (QED) is 0.178. The third-order valence-electron chi connectivity index (χ3n) is 11.5. The number of nitriles is 2. The van der Waals surface area contributed by atoms with E-state index >= 15 is 0 Å². The molecular weight excluding hydrogens is 725 g/mol. The summed E-state index contributed by atoms with van der Waals surface area (Å²) in [5.41, 5.74) is 11.4. The van der Waals surface area contributed by atoms with Crippen molar-refractivity contribution >= 4 is 76.5 Å². The van der Waals surface area contributed by atoms with Crippen molar-refractivity contribution in [3.05, 3.63) is 181 Å². The summed E-state index contributed by atoms with van der Waals surface area (Å²) in [7, 11) is 0. The first-order valence-electron chi connectivity index (χ1n) is 19.4. The van der Waals surface area contributed by atoms with Crippen LogP contribution >= 0.6 is 0 Å². The lowest BCUT2D eigenvalue weighted by atomic mass is 10.0. The molecular formula is C52H28N6O. The zero-order valence-corrected chi connectivity index (χ0v) is 31.3. The average molecular weight is 753 g/mol. The lowest BCUT2D eigenvalue weighted by molar-refractivity contribution is 0.673. The highest BCUT2D eigenvalue weighted by Crippen LogP contribution is 2.49. The number of aromatic nitrogens is 4. The molecule has 0 radical (unpaired) electrons. The molecule has 0 N–H and O–H groups in total. The molecule has 0 saturated heterocycles. The maximum atomic E-state index is 11.1. The van der Waals surface area contributed by atoms with E-state index in [1.165, 1.54) is 0 Å². The van der Waals surface area contributed by atoms with Gasteiger partial charge in [0, 0.05) is 43.7 Å². The zero-order valence-electron chi connectivity index (χ0n) is 31.3. The van der Waals surface area contributed by atoms with E-state index in [4.69, 9.17) is 14.4 Å². The van der Waals surface area contributed by atoms with Crippen LogP contribution in [0.5, 0.6) is 0 Å². The minimum atomic E-state index is 0.498. The summed E-state index contributed by atoms with van der Waals surface area (Å²) in [6.07, 6.45) is 0. The highest BCUT2D eigenvalue weighted by Gasteiger charge is 2.28. The van der Waals surface area contributed by atoms with Gasteiger partial charge < -0.3 is 13.6 Å². The molecule has 0 atom stereocenters. The van der Waals surface area contributed by atoms with Gasteiger partial charge in [0.1, 0.15) is 17.2 Å². The summed E-state index contributed by atoms with van der Waals surface area (Å²) in [4.78, 5) is 10.0. The van der Waals surface area contributed by atoms with Crippen LogP contribution in [0.25, 0.3) is 110 Å². The van der Waals surface area contributed by atoms with Crippen molar-refractivity contribution in [2.24, 2.45) is 0 Å². The second-order valence-corrected chi connectivity index (χ2v) is 14.7. The predicted molar refractivity (Wildman–Crippen MR) is 236 cm³/mol. The molecule has 0 aliphatic rings. The molecule has 0 bridgehead atoms. The van der Waals surface area contributed by atoms with Crippen molar-refractivity contribution in [3.63, 3.8) is 0 Å². The van der Waals surface area contributed by atoms with Crippen LogP contribution < -0.4 is 0 Å². The van der Waals surface area contributed by atoms with Crippen molar-refractivity contribution in [1.82, 2.24) is 19.1 Å². The van der Waals surface area contributed by atoms with Gasteiger partial charge >= 0.3 is 0 Å². The summed E-state index contributed by atoms with van der Waals surface area (Å²) in [6, 6.07) is 61.7. The molecule has 7 heteroatoms. The minimum Gasteiger partial charge on any atom is -0.455 e. The number of hydrogen-bond donors (Lipinski definition) is 0. The van der Waals surface area contributed by atoms with Crippen molar-refractivity contribution in [2.75, 3.05) is 0 Å². The molecule has 4 aromatic heterocycles. The monoisotopic (exact) mass is 752 g/mol. The van der Waals surface area contributed by atoms with Crippen molar-refractivity contribution in [1.29, 1.82) is 10.5 Å². The molecule has 59 heavy (non-hydrogen) atoms. The summed E-state index contributed by atoms with van der Waals surface area (Å²) in [5, 5.41) is 28.0. The van der Waals surface area contributed by atoms with Gasteiger partial charge in [-0.1, -0.05) is 115 Å². The summed E-state index contributed by atoms with van der Waals surface area (Å²) in [6.45, 7) is 0. The number of fused-ring (bicyclic) bond motifs is 13. The molecule has 0 unspecified atom stereocenters. The highest BCUT2D eigenvalue weighted by molar-refractivity contribution is 6.39. The van der Waals surface area contributed by atoms with E-state index in [2.05, 4.69) is 75.9 Å². The van der Waals surface area contributed by atoms with E-state index in [1.54, 1.807) is 0 Å². The first-order valence-corrected chi connectivity index (χ1v) is 19.4. The second-order valence-electron chi connectivity index (χ2n) is 14.7. The Hall–Kier alpha value is -8.52. The van der Waals surface area contributed by atoms with Gasteiger partial charge in [-0.05, 0) is 54.6 Å². The standard InChI is InChI=1S/C52H28N6O/c53-29-31-13-12-16-35(27-31)57-42-22-9-5-18-37(42)45-49(57)47-39-20-7-11-24-44(39)59-51(47)46-38-19-6-10-23-43(38)58(50(45)46)41-26-25-33(28-34(41)30-54)48-36-17-4-8-21-40(36)55-52(56-48)32-14-2-1-3-15-32/h1-28H. The van der Waals surface area contributed by atoms with Gasteiger partial charge in [0.25, 0.3) is 0 Å². The molecule has 272 valence electrons. The first-order chi connectivity index (χ1) is 29.2. The largest absolute Gasteiger partial charge is 0.455 e. The number of benzene rings is 8. The molecule has 0 aliphatic heterocycles. The fraction of sp³-hybridized carbons (Fsp3) is 0. The van der Waals surface area contributed by atoms with Gasteiger partial charge in [0.05, 0.1) is 66.9 Å². The van der Waals surface area contributed by atoms with Crippen LogP contribution in [-0.4, -0.2) is 19.1 Å². The Labute approximate surface area is 336 Å². The minimum absolute atomic E-state index is 0.498. The molecule has 0 spiro atoms. The van der Waals surface area contributed by atoms with Crippen molar-refractivity contribution in [2.45, 2.75) is 0 Å². The molecule has 8 aromatic carbocycles. The number of para-hydroxylation sites is 4. The molecule has 0 aliphatic carbocycles. The number of rotatable bonds is 4. The predicted octanol–water partition coefficient (Wildman–Crippen LogP) is 12.8. The highest BCUT2D eigenvalue weighted by atomic mass is 16.3. The molecule has 4 heterocycles. The third-order valence-corrected chi connectivity index (χ3v) is 11.5. The lowest BCUT2D eigenvalue weighted by Gasteiger charge is -2.14. The lowest BCUT2D eigenvalue weighted by Crippen LogP contribution is -2.00. The van der Waals surface area contributed by atoms with Crippen molar-refractivity contribution in [3.8, 4) is 46.2 Å². The fourth-order valence-electron chi connectivity index (χ4n) is 9.09. The maximum Gasteiger partial charge on any atom is 0.160 e. The van der Waals surface area contributed by atoms with Crippen LogP contribution in [0.15, 0.2) is 174 Å². The zero-order chi connectivity index (χ0) is 39.2. The van der Waals surface area contributed by atoms with Crippen molar-refractivity contribution < 1.29 is 4.42 Å². The van der Waals surface area contributed by atoms with Crippen LogP contribution in [0.1, 0.15) is 11.1 Å². The van der Waals surface area contributed by atoms with Gasteiger partial charge in [-0.3, -0.25) is 0 Å². The van der Waals surface area contributed by atoms with Crippen LogP contribution in [-0.2, 0) is 0 Å². The van der Waals surface area contributed by atoms with E-state index in [9.17, 15) is 10.5 Å². The van der Waals surface area contributed by atoms with Gasteiger partial charge in [-0.15, -0.1) is 0 Å². The Morgan fingerprint density at radius 3 is 1.95 bits per heavy atom. The molecule has 7 nitrogen and oxygen atoms in total. The molecule has 0 fully saturated rings. The van der Waals surface area contributed by atoms with Crippen LogP contribution in [0.4, 0.5) is 0 Å². The number of furan rings is 1. The molecule has 0 amide bonds. The Morgan fingerprint density at radius 1 is 0.492 bits per heavy atom. The Kier molecular flexibility index (Phi) is 6.92. The van der Waals surface area contributed by atoms with E-state index in [0.717, 1.165) is 105 Å². The average Bonchev–Trinajstić information content (AvgIpc) is 3.97. The third kappa shape index (κ3) is 4.67. The van der Waals surface area contributed by atoms with E-state index in [1.807, 2.05) is 115 Å². The summed E-state index contributed by atoms with van der Waals surface area (Å²) in [5.74, 6) is 0.623. The Balaban J connectivity index is 1.23. The molecule has 12 rings (SSSR count). The SMILES string of the molecule is N#Cc1cccc(-n2c3ccccc3c3c4c(c5ccccc5n4-c4ccc(-c5nc(-c6ccccc6)nc6ccccc56)cc4C#N)c4oc5ccccc5c4c32)c1. The van der Waals surface area contributed by atoms with E-state index in [-0.39, 0.29) is 0 Å². The summed E-state index contributed by atoms with van der Waals surface area (Å²) >= 11 is 0. The maximum absolute atomic E-state index is 11.1. The second kappa shape index (κ2) is 12.5. The van der Waals surface area contributed by atoms with Gasteiger partial charge in [0.15, 0.2) is 5.82 Å². The molecule has 0 saturated carbocycles. The number of hydrogen-bond acceptors (Lipinski definition) is 5. The normalized spacial score (nSPS) is 11.7. The van der Waals surface area contributed by atoms with Gasteiger partial charge in [-0.2, -0.15) is 10.5 Å². The van der Waals surface area contributed by atoms with Crippen LogP contribution in [0.3, 0.4) is 0 Å². The van der Waals surface area contributed by atoms with Crippen LogP contribution in [0.2, 0.25) is 0 Å². The van der Waals surface area contributed by atoms with Crippen LogP contribution in [0, 0.1) is 22.7 Å².